The predicted molar refractivity (Wildman–Crippen MR) is 114 cm³/mol. The maximum absolute atomic E-state index is 11.7. The smallest absolute Gasteiger partial charge is 0.352 e. The third kappa shape index (κ3) is 5.49. The lowest BCUT2D eigenvalue weighted by Crippen LogP contribution is -2.25. The van der Waals surface area contributed by atoms with E-state index in [-0.39, 0.29) is 11.7 Å². The molecule has 2 fully saturated rings. The number of aliphatic imine (C=N–C) groups is 1. The van der Waals surface area contributed by atoms with Gasteiger partial charge in [-0.15, -0.1) is 0 Å². The maximum atomic E-state index is 11.7. The van der Waals surface area contributed by atoms with E-state index in [2.05, 4.69) is 0 Å². The lowest BCUT2D eigenvalue weighted by molar-refractivity contribution is -0.136. The quantitative estimate of drug-likeness (QED) is 0.521. The van der Waals surface area contributed by atoms with E-state index in [1.54, 1.807) is 12.0 Å². The molecule has 0 bridgehead atoms. The van der Waals surface area contributed by atoms with Gasteiger partial charge >= 0.3 is 11.9 Å². The molecule has 2 aliphatic rings. The van der Waals surface area contributed by atoms with Crippen molar-refractivity contribution in [1.82, 2.24) is 4.90 Å². The summed E-state index contributed by atoms with van der Waals surface area (Å²) in [6.07, 6.45) is 9.77. The van der Waals surface area contributed by atoms with E-state index in [0.29, 0.717) is 13.0 Å². The Hall–Kier alpha value is -3.09. The van der Waals surface area contributed by atoms with Crippen LogP contribution in [0.3, 0.4) is 0 Å². The second-order valence-corrected chi connectivity index (χ2v) is 7.60. The SMILES string of the molecule is COc1ccc(C(C=C2CCCN2/C(=C/C(=O)O)C(=O)O)=NC2CCCCC2)cc1. The van der Waals surface area contributed by atoms with Crippen molar-refractivity contribution >= 4 is 17.7 Å². The number of carboxylic acid groups (broad SMARTS) is 2. The normalized spacial score (nSPS) is 19.9. The zero-order valence-electron chi connectivity index (χ0n) is 17.2. The number of methoxy groups -OCH3 is 1. The van der Waals surface area contributed by atoms with E-state index >= 15 is 0 Å². The number of ether oxygens (including phenoxy) is 1. The number of likely N-dealkylation sites (tertiary alicyclic amines) is 1. The Morgan fingerprint density at radius 3 is 2.40 bits per heavy atom. The Morgan fingerprint density at radius 1 is 1.10 bits per heavy atom. The molecule has 7 heteroatoms. The molecule has 1 saturated heterocycles. The van der Waals surface area contributed by atoms with E-state index in [9.17, 15) is 14.7 Å². The van der Waals surface area contributed by atoms with Crippen LogP contribution in [0.4, 0.5) is 0 Å². The van der Waals surface area contributed by atoms with Gasteiger partial charge in [0.05, 0.1) is 24.9 Å². The molecule has 0 unspecified atom stereocenters. The summed E-state index contributed by atoms with van der Waals surface area (Å²) in [5.74, 6) is -1.77. The molecular weight excluding hydrogens is 384 g/mol. The zero-order valence-corrected chi connectivity index (χ0v) is 17.2. The third-order valence-electron chi connectivity index (χ3n) is 5.52. The van der Waals surface area contributed by atoms with E-state index in [1.807, 2.05) is 30.3 Å². The van der Waals surface area contributed by atoms with Gasteiger partial charge in [-0.25, -0.2) is 9.59 Å². The molecular formula is C23H28N2O5. The van der Waals surface area contributed by atoms with E-state index in [1.165, 1.54) is 6.42 Å². The van der Waals surface area contributed by atoms with E-state index in [0.717, 1.165) is 60.9 Å². The minimum absolute atomic E-state index is 0.224. The van der Waals surface area contributed by atoms with Crippen LogP contribution in [0.1, 0.15) is 50.5 Å². The van der Waals surface area contributed by atoms with E-state index in [4.69, 9.17) is 14.8 Å². The van der Waals surface area contributed by atoms with Crippen LogP contribution in [0.5, 0.6) is 5.75 Å². The molecule has 0 spiro atoms. The maximum Gasteiger partial charge on any atom is 0.352 e. The van der Waals surface area contributed by atoms with Crippen LogP contribution in [-0.2, 0) is 9.59 Å². The fourth-order valence-corrected chi connectivity index (χ4v) is 4.02. The first kappa shape index (κ1) is 21.6. The number of hydrogen-bond donors (Lipinski definition) is 2. The summed E-state index contributed by atoms with van der Waals surface area (Å²) in [4.78, 5) is 29.4. The van der Waals surface area contributed by atoms with Gasteiger partial charge < -0.3 is 19.8 Å². The molecule has 30 heavy (non-hydrogen) atoms. The summed E-state index contributed by atoms with van der Waals surface area (Å²) < 4.78 is 5.25. The average Bonchev–Trinajstić information content (AvgIpc) is 3.20. The van der Waals surface area contributed by atoms with Gasteiger partial charge in [-0.05, 0) is 61.6 Å². The minimum Gasteiger partial charge on any atom is -0.497 e. The second kappa shape index (κ2) is 10.1. The topological polar surface area (TPSA) is 99.4 Å². The van der Waals surface area contributed by atoms with Crippen LogP contribution in [0.25, 0.3) is 0 Å². The number of benzene rings is 1. The fourth-order valence-electron chi connectivity index (χ4n) is 4.02. The molecule has 7 nitrogen and oxygen atoms in total. The van der Waals surface area contributed by atoms with Crippen molar-refractivity contribution < 1.29 is 24.5 Å². The van der Waals surface area contributed by atoms with Gasteiger partial charge in [-0.2, -0.15) is 0 Å². The van der Waals surface area contributed by atoms with Crippen molar-refractivity contribution in [2.45, 2.75) is 51.0 Å². The Labute approximate surface area is 176 Å². The molecule has 3 rings (SSSR count). The summed E-state index contributed by atoms with van der Waals surface area (Å²) in [6.45, 7) is 0.469. The van der Waals surface area contributed by atoms with Crippen LogP contribution in [0.15, 0.2) is 52.8 Å². The highest BCUT2D eigenvalue weighted by Crippen LogP contribution is 2.28. The monoisotopic (exact) mass is 412 g/mol. The molecule has 1 aromatic carbocycles. The molecule has 1 aliphatic heterocycles. The Morgan fingerprint density at radius 2 is 1.80 bits per heavy atom. The second-order valence-electron chi connectivity index (χ2n) is 7.60. The number of aliphatic carboxylic acids is 2. The van der Waals surface area contributed by atoms with Crippen LogP contribution >= 0.6 is 0 Å². The van der Waals surface area contributed by atoms with Crippen LogP contribution in [-0.4, -0.2) is 52.5 Å². The summed E-state index contributed by atoms with van der Waals surface area (Å²) in [5.41, 5.74) is 2.28. The Balaban J connectivity index is 1.99. The van der Waals surface area contributed by atoms with Gasteiger partial charge in [0, 0.05) is 12.2 Å². The number of carbonyl (C=O) groups is 2. The highest BCUT2D eigenvalue weighted by Gasteiger charge is 2.26. The van der Waals surface area contributed by atoms with Crippen LogP contribution in [0.2, 0.25) is 0 Å². The van der Waals surface area contributed by atoms with Gasteiger partial charge in [0.25, 0.3) is 0 Å². The number of rotatable bonds is 7. The number of allylic oxidation sites excluding steroid dienone is 2. The minimum atomic E-state index is -1.27. The molecule has 1 heterocycles. The molecule has 160 valence electrons. The van der Waals surface area contributed by atoms with Crippen molar-refractivity contribution in [2.75, 3.05) is 13.7 Å². The first-order chi connectivity index (χ1) is 14.5. The number of carboxylic acids is 2. The van der Waals surface area contributed by atoms with Gasteiger partial charge in [-0.1, -0.05) is 19.3 Å². The predicted octanol–water partition coefficient (Wildman–Crippen LogP) is 3.85. The van der Waals surface area contributed by atoms with Gasteiger partial charge in [-0.3, -0.25) is 4.99 Å². The highest BCUT2D eigenvalue weighted by atomic mass is 16.5. The molecule has 0 amide bonds. The Bertz CT molecular complexity index is 864. The molecule has 1 aliphatic carbocycles. The highest BCUT2D eigenvalue weighted by molar-refractivity contribution is 6.09. The van der Waals surface area contributed by atoms with Crippen molar-refractivity contribution in [3.63, 3.8) is 0 Å². The summed E-state index contributed by atoms with van der Waals surface area (Å²) in [7, 11) is 1.62. The molecule has 0 radical (unpaired) electrons. The Kier molecular flexibility index (Phi) is 7.27. The van der Waals surface area contributed by atoms with Crippen molar-refractivity contribution in [1.29, 1.82) is 0 Å². The lowest BCUT2D eigenvalue weighted by atomic mass is 9.95. The average molecular weight is 412 g/mol. The molecule has 0 aromatic heterocycles. The van der Waals surface area contributed by atoms with Gasteiger partial charge in [0.15, 0.2) is 0 Å². The number of nitrogens with zero attached hydrogens (tertiary/aromatic N) is 2. The van der Waals surface area contributed by atoms with Gasteiger partial charge in [0.2, 0.25) is 0 Å². The van der Waals surface area contributed by atoms with Crippen molar-refractivity contribution in [3.05, 3.63) is 53.4 Å². The zero-order chi connectivity index (χ0) is 21.5. The van der Waals surface area contributed by atoms with E-state index < -0.39 is 11.9 Å². The standard InChI is InChI=1S/C23H28N2O5/c1-30-19-11-9-16(10-12-19)20(24-17-6-3-2-4-7-17)14-18-8-5-13-25(18)21(23(28)29)15-22(26)27/h9-12,14-15,17H,2-8,13H2,1H3,(H,26,27)(H,28,29)/b18-14?,21-15+,24-20?. The van der Waals surface area contributed by atoms with Crippen molar-refractivity contribution in [3.8, 4) is 5.75 Å². The summed E-state index contributed by atoms with van der Waals surface area (Å²) in [5, 5.41) is 18.6. The van der Waals surface area contributed by atoms with Crippen LogP contribution < -0.4 is 4.74 Å². The van der Waals surface area contributed by atoms with Crippen LogP contribution in [0, 0.1) is 0 Å². The molecule has 0 atom stereocenters. The molecule has 2 N–H and O–H groups in total. The lowest BCUT2D eigenvalue weighted by Gasteiger charge is -2.22. The fraction of sp³-hybridized carbons (Fsp3) is 0.435. The molecule has 1 saturated carbocycles. The van der Waals surface area contributed by atoms with Crippen molar-refractivity contribution in [2.24, 2.45) is 4.99 Å². The summed E-state index contributed by atoms with van der Waals surface area (Å²) >= 11 is 0. The third-order valence-corrected chi connectivity index (χ3v) is 5.52. The summed E-state index contributed by atoms with van der Waals surface area (Å²) in [6, 6.07) is 7.90. The molecule has 1 aromatic rings. The largest absolute Gasteiger partial charge is 0.497 e. The first-order valence-electron chi connectivity index (χ1n) is 10.4. The first-order valence-corrected chi connectivity index (χ1v) is 10.4. The van der Waals surface area contributed by atoms with Gasteiger partial charge in [0.1, 0.15) is 11.4 Å². The number of hydrogen-bond acceptors (Lipinski definition) is 5.